The van der Waals surface area contributed by atoms with Crippen LogP contribution >= 0.6 is 23.5 Å². The largest absolute Gasteiger partial charge is 0.490 e. The summed E-state index contributed by atoms with van der Waals surface area (Å²) in [5.41, 5.74) is 6.23. The quantitative estimate of drug-likeness (QED) is 0.305. The Hall–Kier alpha value is -1.32. The van der Waals surface area contributed by atoms with E-state index in [1.54, 1.807) is 0 Å². The van der Waals surface area contributed by atoms with Crippen molar-refractivity contribution >= 4 is 40.4 Å². The van der Waals surface area contributed by atoms with Crippen LogP contribution in [0.4, 0.5) is 5.82 Å². The Labute approximate surface area is 167 Å². The van der Waals surface area contributed by atoms with Gasteiger partial charge in [0.2, 0.25) is 0 Å². The Morgan fingerprint density at radius 1 is 1.20 bits per heavy atom. The predicted molar refractivity (Wildman–Crippen MR) is 94.0 cm³/mol. The third kappa shape index (κ3) is 5.29. The van der Waals surface area contributed by atoms with Crippen LogP contribution in [-0.2, 0) is 36.1 Å². The normalized spacial score (nSPS) is 26.5. The molecule has 1 aliphatic heterocycles. The van der Waals surface area contributed by atoms with Crippen molar-refractivity contribution in [2.24, 2.45) is 0 Å². The molecule has 1 fully saturated rings. The molecule has 5 atom stereocenters. The zero-order valence-corrected chi connectivity index (χ0v) is 17.5. The van der Waals surface area contributed by atoms with Crippen LogP contribution in [0.3, 0.4) is 0 Å². The Bertz CT molecular complexity index is 1070. The Morgan fingerprint density at radius 3 is 2.53 bits per heavy atom. The fourth-order valence-electron chi connectivity index (χ4n) is 2.47. The smallest absolute Gasteiger partial charge is 0.388 e. The number of ether oxygens (including phenoxy) is 1. The third-order valence-electron chi connectivity index (χ3n) is 3.62. The van der Waals surface area contributed by atoms with Crippen molar-refractivity contribution in [1.82, 2.24) is 19.5 Å². The molecule has 20 heteroatoms. The number of rotatable bonds is 8. The van der Waals surface area contributed by atoms with E-state index >= 15 is 0 Å². The van der Waals surface area contributed by atoms with Gasteiger partial charge in [0.05, 0.1) is 6.33 Å². The van der Waals surface area contributed by atoms with Crippen molar-refractivity contribution in [2.45, 2.75) is 25.0 Å². The van der Waals surface area contributed by atoms with Gasteiger partial charge < -0.3 is 30.3 Å². The lowest BCUT2D eigenvalue weighted by atomic mass is 10.2. The van der Waals surface area contributed by atoms with Crippen molar-refractivity contribution in [2.75, 3.05) is 12.8 Å². The Balaban J connectivity index is 1.76. The maximum Gasteiger partial charge on any atom is 0.490 e. The van der Waals surface area contributed by atoms with Gasteiger partial charge in [-0.05, 0) is 0 Å². The average Bonchev–Trinajstić information content (AvgIpc) is 3.17. The lowest BCUT2D eigenvalue weighted by Crippen LogP contribution is -2.23. The van der Waals surface area contributed by atoms with E-state index in [-0.39, 0.29) is 23.4 Å². The molecule has 2 aromatic heterocycles. The van der Waals surface area contributed by atoms with Gasteiger partial charge in [-0.2, -0.15) is 8.62 Å². The molecule has 0 saturated carbocycles. The van der Waals surface area contributed by atoms with Gasteiger partial charge in [0.1, 0.15) is 24.2 Å². The maximum atomic E-state index is 12.5. The van der Waals surface area contributed by atoms with Crippen LogP contribution in [0.15, 0.2) is 12.7 Å². The molecule has 3 heterocycles. The summed E-state index contributed by atoms with van der Waals surface area (Å²) in [6.07, 6.45) is -1.71. The van der Waals surface area contributed by atoms with Crippen molar-refractivity contribution in [3.63, 3.8) is 0 Å². The first-order chi connectivity index (χ1) is 13.8. The number of phosphoric ester groups is 1. The first-order valence-corrected chi connectivity index (χ1v) is 12.2. The predicted octanol–water partition coefficient (Wildman–Crippen LogP) is 0.0118. The Morgan fingerprint density at radius 2 is 1.90 bits per heavy atom. The SMILES string of the molecule is COP(=O)(OC1OC(n2cnc3c(N)ncnc32)CC1O)OP(=O)(O)OP(=O)(O)O. The highest BCUT2D eigenvalue weighted by Gasteiger charge is 2.47. The number of phosphoric acid groups is 3. The van der Waals surface area contributed by atoms with Gasteiger partial charge in [0.15, 0.2) is 17.8 Å². The van der Waals surface area contributed by atoms with Gasteiger partial charge in [-0.15, -0.1) is 0 Å². The van der Waals surface area contributed by atoms with Crippen LogP contribution in [0.2, 0.25) is 0 Å². The first kappa shape index (κ1) is 23.3. The molecule has 0 aliphatic carbocycles. The molecule has 3 rings (SSSR count). The molecule has 6 N–H and O–H groups in total. The second-order valence-corrected chi connectivity index (χ2v) is 10.4. The van der Waals surface area contributed by atoms with E-state index in [1.165, 1.54) is 17.2 Å². The number of aliphatic hydroxyl groups excluding tert-OH is 1. The fraction of sp³-hybridized carbons (Fsp3) is 0.500. The first-order valence-electron chi connectivity index (χ1n) is 7.74. The fourth-order valence-corrected chi connectivity index (χ4v) is 5.90. The number of nitrogens with two attached hydrogens (primary N) is 1. The zero-order valence-electron chi connectivity index (χ0n) is 14.9. The van der Waals surface area contributed by atoms with Gasteiger partial charge >= 0.3 is 23.5 Å². The molecule has 30 heavy (non-hydrogen) atoms. The molecule has 0 aromatic carbocycles. The number of hydrogen-bond donors (Lipinski definition) is 5. The molecule has 1 aliphatic rings. The minimum Gasteiger partial charge on any atom is -0.388 e. The van der Waals surface area contributed by atoms with E-state index in [0.29, 0.717) is 0 Å². The van der Waals surface area contributed by atoms with E-state index in [0.717, 1.165) is 7.11 Å². The molecule has 0 spiro atoms. The van der Waals surface area contributed by atoms with Gasteiger partial charge in [-0.3, -0.25) is 13.6 Å². The van der Waals surface area contributed by atoms with Gasteiger partial charge in [-0.1, -0.05) is 0 Å². The molecule has 0 bridgehead atoms. The highest BCUT2D eigenvalue weighted by molar-refractivity contribution is 7.66. The lowest BCUT2D eigenvalue weighted by Gasteiger charge is -2.22. The van der Waals surface area contributed by atoms with Crippen molar-refractivity contribution in [1.29, 1.82) is 0 Å². The number of aliphatic hydroxyl groups is 1. The number of fused-ring (bicyclic) bond motifs is 1. The summed E-state index contributed by atoms with van der Waals surface area (Å²) < 4.78 is 58.6. The molecule has 168 valence electrons. The molecule has 0 amide bonds. The van der Waals surface area contributed by atoms with E-state index in [1.807, 2.05) is 0 Å². The number of nitrogen functional groups attached to an aromatic ring is 1. The summed E-state index contributed by atoms with van der Waals surface area (Å²) in [5, 5.41) is 10.2. The number of hydrogen-bond acceptors (Lipinski definition) is 13. The van der Waals surface area contributed by atoms with Crippen LogP contribution in [0.25, 0.3) is 11.2 Å². The molecule has 17 nitrogen and oxygen atoms in total. The lowest BCUT2D eigenvalue weighted by molar-refractivity contribution is -0.134. The standard InChI is InChI=1S/C10H16N5O12P3/c1-23-30(22,27-29(20,21)26-28(17,18)19)25-10-5(16)2-6(24-10)15-4-14-7-8(11)12-3-13-9(7)15/h3-6,10,16H,2H2,1H3,(H,20,21)(H2,11,12,13)(H2,17,18,19). The molecular weight excluding hydrogens is 475 g/mol. The van der Waals surface area contributed by atoms with E-state index in [9.17, 15) is 23.7 Å². The van der Waals surface area contributed by atoms with Gasteiger partial charge in [0, 0.05) is 13.5 Å². The minimum atomic E-state index is -5.59. The summed E-state index contributed by atoms with van der Waals surface area (Å²) in [6, 6.07) is 0. The summed E-state index contributed by atoms with van der Waals surface area (Å²) in [7, 11) is -15.3. The van der Waals surface area contributed by atoms with E-state index in [4.69, 9.17) is 24.8 Å². The second-order valence-electron chi connectivity index (χ2n) is 5.70. The summed E-state index contributed by atoms with van der Waals surface area (Å²) >= 11 is 0. The van der Waals surface area contributed by atoms with Crippen LogP contribution < -0.4 is 5.73 Å². The highest BCUT2D eigenvalue weighted by atomic mass is 31.3. The van der Waals surface area contributed by atoms with Gasteiger partial charge in [-0.25, -0.2) is 28.6 Å². The molecule has 0 radical (unpaired) electrons. The van der Waals surface area contributed by atoms with Crippen LogP contribution in [-0.4, -0.2) is 58.8 Å². The van der Waals surface area contributed by atoms with E-state index < -0.39 is 42.1 Å². The van der Waals surface area contributed by atoms with Gasteiger partial charge in [0.25, 0.3) is 0 Å². The number of anilines is 1. The monoisotopic (exact) mass is 491 g/mol. The molecule has 5 unspecified atom stereocenters. The zero-order chi connectivity index (χ0) is 22.3. The Kier molecular flexibility index (Phi) is 6.47. The molecule has 1 saturated heterocycles. The summed E-state index contributed by atoms with van der Waals surface area (Å²) in [4.78, 5) is 38.4. The topological polar surface area (TPSA) is 248 Å². The average molecular weight is 491 g/mol. The van der Waals surface area contributed by atoms with E-state index in [2.05, 4.69) is 28.1 Å². The van der Waals surface area contributed by atoms with Crippen molar-refractivity contribution in [3.8, 4) is 0 Å². The molecular formula is C10H16N5O12P3. The van der Waals surface area contributed by atoms with Crippen LogP contribution in [0, 0.1) is 0 Å². The summed E-state index contributed by atoms with van der Waals surface area (Å²) in [5.74, 6) is 0.103. The van der Waals surface area contributed by atoms with Crippen LogP contribution in [0.5, 0.6) is 0 Å². The minimum absolute atomic E-state index is 0.103. The third-order valence-corrected chi connectivity index (χ3v) is 7.83. The number of imidazole rings is 1. The maximum absolute atomic E-state index is 12.5. The highest BCUT2D eigenvalue weighted by Crippen LogP contribution is 2.68. The van der Waals surface area contributed by atoms with Crippen LogP contribution in [0.1, 0.15) is 12.6 Å². The number of nitrogens with zero attached hydrogens (tertiary/aromatic N) is 4. The van der Waals surface area contributed by atoms with Crippen molar-refractivity contribution < 1.29 is 55.9 Å². The second kappa shape index (κ2) is 8.31. The molecule has 2 aromatic rings. The summed E-state index contributed by atoms with van der Waals surface area (Å²) in [6.45, 7) is 0. The number of aromatic nitrogens is 4. The van der Waals surface area contributed by atoms with Crippen molar-refractivity contribution in [3.05, 3.63) is 12.7 Å².